The van der Waals surface area contributed by atoms with Gasteiger partial charge in [0.1, 0.15) is 4.21 Å². The Morgan fingerprint density at radius 2 is 1.89 bits per heavy atom. The van der Waals surface area contributed by atoms with Gasteiger partial charge in [0.2, 0.25) is 0 Å². The summed E-state index contributed by atoms with van der Waals surface area (Å²) >= 11 is 1.26. The maximum atomic E-state index is 12.3. The second-order valence-electron chi connectivity index (χ2n) is 4.51. The number of hydrogen-bond acceptors (Lipinski definition) is 5. The number of thiophene rings is 1. The molecule has 0 fully saturated rings. The molecule has 0 spiro atoms. The van der Waals surface area contributed by atoms with Crippen molar-refractivity contribution in [3.63, 3.8) is 0 Å². The summed E-state index contributed by atoms with van der Waals surface area (Å²) in [4.78, 5) is 2.88. The molecule has 0 aliphatic rings. The molecule has 0 radical (unpaired) electrons. The Bertz CT molecular complexity index is 494. The molecule has 0 amide bonds. The maximum absolute atomic E-state index is 12.3. The Labute approximate surface area is 113 Å². The van der Waals surface area contributed by atoms with Crippen LogP contribution in [0.4, 0.5) is 0 Å². The fourth-order valence-corrected chi connectivity index (χ4v) is 4.27. The molecule has 0 atom stereocenters. The predicted octanol–water partition coefficient (Wildman–Crippen LogP) is 0.697. The molecule has 0 saturated heterocycles. The topological polar surface area (TPSA) is 66.6 Å². The van der Waals surface area contributed by atoms with Crippen molar-refractivity contribution < 1.29 is 8.42 Å². The van der Waals surface area contributed by atoms with Crippen molar-refractivity contribution in [3.05, 3.63) is 16.5 Å². The fourth-order valence-electron chi connectivity index (χ4n) is 1.43. The van der Waals surface area contributed by atoms with Crippen molar-refractivity contribution in [2.24, 2.45) is 5.73 Å². The van der Waals surface area contributed by atoms with Crippen LogP contribution in [0.25, 0.3) is 0 Å². The van der Waals surface area contributed by atoms with E-state index in [2.05, 4.69) is 0 Å². The summed E-state index contributed by atoms with van der Waals surface area (Å²) in [6, 6.07) is 1.70. The van der Waals surface area contributed by atoms with E-state index in [0.29, 0.717) is 23.8 Å². The van der Waals surface area contributed by atoms with Crippen molar-refractivity contribution in [1.82, 2.24) is 9.21 Å². The molecule has 104 valence electrons. The lowest BCUT2D eigenvalue weighted by molar-refractivity contribution is 0.359. The highest BCUT2D eigenvalue weighted by atomic mass is 32.2. The van der Waals surface area contributed by atoms with Gasteiger partial charge in [0.05, 0.1) is 0 Å². The Morgan fingerprint density at radius 3 is 2.33 bits per heavy atom. The number of aryl methyl sites for hydroxylation is 1. The second kappa shape index (κ2) is 6.12. The first-order valence-corrected chi connectivity index (χ1v) is 7.95. The number of nitrogens with zero attached hydrogens (tertiary/aromatic N) is 2. The van der Waals surface area contributed by atoms with Crippen molar-refractivity contribution in [2.75, 3.05) is 34.2 Å². The van der Waals surface area contributed by atoms with Crippen molar-refractivity contribution >= 4 is 21.4 Å². The SMILES string of the molecule is Cc1cc(S(=O)(=O)N(C)CCN(C)C)sc1CN. The van der Waals surface area contributed by atoms with Crippen LogP contribution in [0.3, 0.4) is 0 Å². The fraction of sp³-hybridized carbons (Fsp3) is 0.636. The smallest absolute Gasteiger partial charge is 0.252 e. The Kier molecular flexibility index (Phi) is 5.30. The van der Waals surface area contributed by atoms with E-state index < -0.39 is 10.0 Å². The van der Waals surface area contributed by atoms with E-state index in [1.807, 2.05) is 25.9 Å². The molecular weight excluding hydrogens is 270 g/mol. The minimum Gasteiger partial charge on any atom is -0.326 e. The average Bonchev–Trinajstić information content (AvgIpc) is 2.67. The molecular formula is C11H21N3O2S2. The van der Waals surface area contributed by atoms with Gasteiger partial charge < -0.3 is 10.6 Å². The first kappa shape index (κ1) is 15.6. The highest BCUT2D eigenvalue weighted by molar-refractivity contribution is 7.91. The number of rotatable bonds is 6. The van der Waals surface area contributed by atoms with Gasteiger partial charge in [-0.1, -0.05) is 0 Å². The Morgan fingerprint density at radius 1 is 1.28 bits per heavy atom. The van der Waals surface area contributed by atoms with E-state index >= 15 is 0 Å². The lowest BCUT2D eigenvalue weighted by Crippen LogP contribution is -2.33. The van der Waals surface area contributed by atoms with Crippen molar-refractivity contribution in [2.45, 2.75) is 17.7 Å². The van der Waals surface area contributed by atoms with Gasteiger partial charge in [-0.15, -0.1) is 11.3 Å². The summed E-state index contributed by atoms with van der Waals surface area (Å²) in [7, 11) is 2.07. The number of likely N-dealkylation sites (N-methyl/N-ethyl adjacent to an activating group) is 2. The average molecular weight is 291 g/mol. The van der Waals surface area contributed by atoms with Crippen molar-refractivity contribution in [1.29, 1.82) is 0 Å². The third-order valence-electron chi connectivity index (χ3n) is 2.71. The summed E-state index contributed by atoms with van der Waals surface area (Å²) in [6.45, 7) is 3.44. The lowest BCUT2D eigenvalue weighted by atomic mass is 10.3. The molecule has 0 aromatic carbocycles. The van der Waals surface area contributed by atoms with E-state index in [1.54, 1.807) is 13.1 Å². The number of sulfonamides is 1. The third-order valence-corrected chi connectivity index (χ3v) is 6.28. The highest BCUT2D eigenvalue weighted by Crippen LogP contribution is 2.27. The van der Waals surface area contributed by atoms with Gasteiger partial charge in [0, 0.05) is 31.6 Å². The molecule has 5 nitrogen and oxygen atoms in total. The number of nitrogens with two attached hydrogens (primary N) is 1. The Balaban J connectivity index is 2.91. The van der Waals surface area contributed by atoms with E-state index in [-0.39, 0.29) is 0 Å². The third kappa shape index (κ3) is 3.52. The summed E-state index contributed by atoms with van der Waals surface area (Å²) in [5.41, 5.74) is 6.52. The molecule has 0 unspecified atom stereocenters. The van der Waals surface area contributed by atoms with E-state index in [4.69, 9.17) is 5.73 Å². The van der Waals surface area contributed by atoms with Gasteiger partial charge >= 0.3 is 0 Å². The van der Waals surface area contributed by atoms with Crippen LogP contribution in [0, 0.1) is 6.92 Å². The van der Waals surface area contributed by atoms with Crippen LogP contribution < -0.4 is 5.73 Å². The molecule has 2 N–H and O–H groups in total. The zero-order valence-corrected chi connectivity index (χ0v) is 12.9. The van der Waals surface area contributed by atoms with Gasteiger partial charge in [-0.05, 0) is 32.6 Å². The van der Waals surface area contributed by atoms with Gasteiger partial charge in [0.25, 0.3) is 10.0 Å². The van der Waals surface area contributed by atoms with Gasteiger partial charge in [0.15, 0.2) is 0 Å². The molecule has 0 aliphatic carbocycles. The molecule has 7 heteroatoms. The molecule has 0 saturated carbocycles. The van der Waals surface area contributed by atoms with Crippen LogP contribution in [0.15, 0.2) is 10.3 Å². The maximum Gasteiger partial charge on any atom is 0.252 e. The van der Waals surface area contributed by atoms with Crippen molar-refractivity contribution in [3.8, 4) is 0 Å². The Hall–Kier alpha value is -0.470. The standard InChI is InChI=1S/C11H21N3O2S2/c1-9-7-11(17-10(9)8-12)18(15,16)14(4)6-5-13(2)3/h7H,5-6,8,12H2,1-4H3. The largest absolute Gasteiger partial charge is 0.326 e. The molecule has 18 heavy (non-hydrogen) atoms. The van der Waals surface area contributed by atoms with Crippen LogP contribution in [-0.2, 0) is 16.6 Å². The zero-order chi connectivity index (χ0) is 13.9. The zero-order valence-electron chi connectivity index (χ0n) is 11.3. The summed E-state index contributed by atoms with van der Waals surface area (Å²) in [5.74, 6) is 0. The van der Waals surface area contributed by atoms with Gasteiger partial charge in [-0.3, -0.25) is 0 Å². The minimum atomic E-state index is -3.38. The van der Waals surface area contributed by atoms with E-state index in [0.717, 1.165) is 10.4 Å². The van der Waals surface area contributed by atoms with E-state index in [9.17, 15) is 8.42 Å². The first-order chi connectivity index (χ1) is 8.28. The second-order valence-corrected chi connectivity index (χ2v) is 7.91. The monoisotopic (exact) mass is 291 g/mol. The van der Waals surface area contributed by atoms with Gasteiger partial charge in [-0.2, -0.15) is 4.31 Å². The van der Waals surface area contributed by atoms with Crippen LogP contribution >= 0.6 is 11.3 Å². The summed E-state index contributed by atoms with van der Waals surface area (Å²) < 4.78 is 26.4. The summed E-state index contributed by atoms with van der Waals surface area (Å²) in [5, 5.41) is 0. The van der Waals surface area contributed by atoms with E-state index in [1.165, 1.54) is 15.6 Å². The molecule has 1 rings (SSSR count). The highest BCUT2D eigenvalue weighted by Gasteiger charge is 2.23. The van der Waals surface area contributed by atoms with Gasteiger partial charge in [-0.25, -0.2) is 8.42 Å². The van der Waals surface area contributed by atoms with Crippen LogP contribution in [-0.4, -0.2) is 51.9 Å². The predicted molar refractivity (Wildman–Crippen MR) is 75.3 cm³/mol. The van der Waals surface area contributed by atoms with Crippen LogP contribution in [0.1, 0.15) is 10.4 Å². The normalized spacial score (nSPS) is 12.6. The molecule has 0 bridgehead atoms. The molecule has 1 aromatic heterocycles. The molecule has 1 aromatic rings. The quantitative estimate of drug-likeness (QED) is 0.838. The van der Waals surface area contributed by atoms with Crippen LogP contribution in [0.5, 0.6) is 0 Å². The summed E-state index contributed by atoms with van der Waals surface area (Å²) in [6.07, 6.45) is 0. The lowest BCUT2D eigenvalue weighted by Gasteiger charge is -2.18. The first-order valence-electron chi connectivity index (χ1n) is 5.69. The molecule has 0 aliphatic heterocycles. The minimum absolute atomic E-state index is 0.377. The molecule has 1 heterocycles. The number of hydrogen-bond donors (Lipinski definition) is 1. The van der Waals surface area contributed by atoms with Crippen LogP contribution in [0.2, 0.25) is 0 Å².